The molecule has 0 aliphatic heterocycles. The Morgan fingerprint density at radius 3 is 2.57 bits per heavy atom. The molecule has 0 amide bonds. The highest BCUT2D eigenvalue weighted by Crippen LogP contribution is 2.17. The second-order valence-electron chi connectivity index (χ2n) is 4.66. The van der Waals surface area contributed by atoms with E-state index in [2.05, 4.69) is 28.8 Å². The van der Waals surface area contributed by atoms with E-state index in [1.165, 1.54) is 5.56 Å². The van der Waals surface area contributed by atoms with Crippen LogP contribution in [0.4, 0.5) is 5.69 Å². The summed E-state index contributed by atoms with van der Waals surface area (Å²) in [5.74, 6) is 0.229. The van der Waals surface area contributed by atoms with E-state index in [-0.39, 0.29) is 5.75 Å². The molecule has 0 aliphatic carbocycles. The third-order valence-corrected chi connectivity index (χ3v) is 3.32. The average molecular weight is 299 g/mol. The Morgan fingerprint density at radius 2 is 1.86 bits per heavy atom. The number of phenolic OH excluding ortho intramolecular Hbond substituents is 1. The van der Waals surface area contributed by atoms with Crippen LogP contribution in [0.2, 0.25) is 0 Å². The van der Waals surface area contributed by atoms with Crippen molar-refractivity contribution in [1.82, 2.24) is 5.43 Å². The molecule has 0 radical (unpaired) electrons. The number of anilines is 1. The summed E-state index contributed by atoms with van der Waals surface area (Å²) in [5.41, 5.74) is 6.96. The predicted molar refractivity (Wildman–Crippen MR) is 91.0 cm³/mol. The first-order valence-electron chi connectivity index (χ1n) is 6.51. The molecule has 0 aromatic heterocycles. The van der Waals surface area contributed by atoms with Crippen molar-refractivity contribution >= 4 is 29.2 Å². The summed E-state index contributed by atoms with van der Waals surface area (Å²) < 4.78 is 0. The number of phenols is 1. The zero-order chi connectivity index (χ0) is 15.2. The van der Waals surface area contributed by atoms with E-state index in [0.717, 1.165) is 16.8 Å². The third kappa shape index (κ3) is 4.29. The second kappa shape index (κ2) is 6.85. The van der Waals surface area contributed by atoms with Gasteiger partial charge in [-0.3, -0.25) is 5.43 Å². The lowest BCUT2D eigenvalue weighted by molar-refractivity contribution is 0.475. The molecule has 0 atom stereocenters. The molecule has 0 fully saturated rings. The summed E-state index contributed by atoms with van der Waals surface area (Å²) in [4.78, 5) is 0. The van der Waals surface area contributed by atoms with Crippen LogP contribution in [0.5, 0.6) is 5.75 Å². The van der Waals surface area contributed by atoms with Crippen LogP contribution < -0.4 is 10.7 Å². The van der Waals surface area contributed by atoms with Gasteiger partial charge in [-0.15, -0.1) is 0 Å². The first kappa shape index (κ1) is 15.0. The molecule has 108 valence electrons. The van der Waals surface area contributed by atoms with Gasteiger partial charge in [0.2, 0.25) is 0 Å². The predicted octanol–water partition coefficient (Wildman–Crippen LogP) is 3.33. The number of thiocarbonyl (C=S) groups is 1. The fourth-order valence-corrected chi connectivity index (χ4v) is 1.93. The number of aromatic hydroxyl groups is 1. The largest absolute Gasteiger partial charge is 0.508 e. The summed E-state index contributed by atoms with van der Waals surface area (Å²) in [5, 5.41) is 16.8. The first-order valence-corrected chi connectivity index (χ1v) is 6.92. The molecule has 0 aliphatic rings. The van der Waals surface area contributed by atoms with Crippen molar-refractivity contribution in [3.8, 4) is 5.75 Å². The lowest BCUT2D eigenvalue weighted by atomic mass is 10.1. The number of aryl methyl sites for hydroxylation is 1. The van der Waals surface area contributed by atoms with Gasteiger partial charge in [-0.05, 0) is 73.1 Å². The Labute approximate surface area is 129 Å². The van der Waals surface area contributed by atoms with Gasteiger partial charge in [-0.25, -0.2) is 0 Å². The smallest absolute Gasteiger partial charge is 0.191 e. The molecule has 0 unspecified atom stereocenters. The Kier molecular flexibility index (Phi) is 4.90. The van der Waals surface area contributed by atoms with Gasteiger partial charge >= 0.3 is 0 Å². The van der Waals surface area contributed by atoms with Crippen molar-refractivity contribution in [3.63, 3.8) is 0 Å². The molecule has 4 nitrogen and oxygen atoms in total. The Hall–Kier alpha value is -2.40. The molecular weight excluding hydrogens is 282 g/mol. The maximum atomic E-state index is 9.19. The van der Waals surface area contributed by atoms with Crippen molar-refractivity contribution in [2.24, 2.45) is 5.10 Å². The zero-order valence-corrected chi connectivity index (χ0v) is 12.7. The van der Waals surface area contributed by atoms with Crippen molar-refractivity contribution in [2.45, 2.75) is 13.8 Å². The molecule has 0 heterocycles. The van der Waals surface area contributed by atoms with E-state index >= 15 is 0 Å². The van der Waals surface area contributed by atoms with Gasteiger partial charge in [0.1, 0.15) is 5.75 Å². The van der Waals surface area contributed by atoms with Gasteiger partial charge in [0, 0.05) is 5.69 Å². The van der Waals surface area contributed by atoms with Crippen LogP contribution in [0, 0.1) is 13.8 Å². The minimum atomic E-state index is 0.229. The van der Waals surface area contributed by atoms with E-state index < -0.39 is 0 Å². The van der Waals surface area contributed by atoms with Gasteiger partial charge in [0.05, 0.1) is 6.21 Å². The monoisotopic (exact) mass is 299 g/mol. The van der Waals surface area contributed by atoms with Crippen LogP contribution in [0.3, 0.4) is 0 Å². The van der Waals surface area contributed by atoms with Gasteiger partial charge < -0.3 is 10.4 Å². The Balaban J connectivity index is 1.93. The number of hydrogen-bond donors (Lipinski definition) is 3. The molecular formula is C16H17N3OS. The van der Waals surface area contributed by atoms with Gasteiger partial charge in [0.15, 0.2) is 5.11 Å². The number of benzene rings is 2. The number of hydrogen-bond acceptors (Lipinski definition) is 3. The van der Waals surface area contributed by atoms with Crippen molar-refractivity contribution < 1.29 is 5.11 Å². The molecule has 0 spiro atoms. The Morgan fingerprint density at radius 1 is 1.14 bits per heavy atom. The molecule has 21 heavy (non-hydrogen) atoms. The average Bonchev–Trinajstić information content (AvgIpc) is 2.46. The van der Waals surface area contributed by atoms with E-state index in [1.807, 2.05) is 19.1 Å². The van der Waals surface area contributed by atoms with Crippen LogP contribution in [-0.2, 0) is 0 Å². The van der Waals surface area contributed by atoms with E-state index in [0.29, 0.717) is 5.11 Å². The fraction of sp³-hybridized carbons (Fsp3) is 0.125. The number of nitrogens with zero attached hydrogens (tertiary/aromatic N) is 1. The van der Waals surface area contributed by atoms with Gasteiger partial charge in [-0.2, -0.15) is 5.10 Å². The quantitative estimate of drug-likeness (QED) is 0.462. The molecule has 5 heteroatoms. The molecule has 2 aromatic carbocycles. The molecule has 0 saturated carbocycles. The molecule has 2 aromatic rings. The molecule has 3 N–H and O–H groups in total. The van der Waals surface area contributed by atoms with Crippen LogP contribution in [0.15, 0.2) is 47.6 Å². The minimum absolute atomic E-state index is 0.229. The molecule has 2 rings (SSSR count). The maximum Gasteiger partial charge on any atom is 0.191 e. The summed E-state index contributed by atoms with van der Waals surface area (Å²) in [6, 6.07) is 12.7. The lowest BCUT2D eigenvalue weighted by Gasteiger charge is -2.11. The zero-order valence-electron chi connectivity index (χ0n) is 11.9. The van der Waals surface area contributed by atoms with Gasteiger partial charge in [-0.1, -0.05) is 12.1 Å². The number of hydrazone groups is 1. The lowest BCUT2D eigenvalue weighted by Crippen LogP contribution is -2.24. The van der Waals surface area contributed by atoms with Crippen molar-refractivity contribution in [3.05, 3.63) is 59.2 Å². The standard InChI is InChI=1S/C16H17N3OS/c1-11-4-3-5-15(12(11)2)18-16(21)19-17-10-13-6-8-14(20)9-7-13/h3-10,20H,1-2H3,(H2,18,19,21)/b17-10+. The normalized spacial score (nSPS) is 10.6. The SMILES string of the molecule is Cc1cccc(NC(=S)N/N=C/c2ccc(O)cc2)c1C. The van der Waals surface area contributed by atoms with Crippen molar-refractivity contribution in [1.29, 1.82) is 0 Å². The molecule has 0 saturated heterocycles. The van der Waals surface area contributed by atoms with E-state index in [1.54, 1.807) is 30.5 Å². The maximum absolute atomic E-state index is 9.19. The Bertz CT molecular complexity index is 666. The summed E-state index contributed by atoms with van der Waals surface area (Å²) in [6.07, 6.45) is 1.64. The highest BCUT2D eigenvalue weighted by molar-refractivity contribution is 7.80. The summed E-state index contributed by atoms with van der Waals surface area (Å²) >= 11 is 5.20. The number of nitrogens with one attached hydrogen (secondary N) is 2. The van der Waals surface area contributed by atoms with Crippen LogP contribution in [0.1, 0.15) is 16.7 Å². The second-order valence-corrected chi connectivity index (χ2v) is 5.07. The molecule has 0 bridgehead atoms. The van der Waals surface area contributed by atoms with Crippen molar-refractivity contribution in [2.75, 3.05) is 5.32 Å². The highest BCUT2D eigenvalue weighted by Gasteiger charge is 2.01. The third-order valence-electron chi connectivity index (χ3n) is 3.13. The first-order chi connectivity index (χ1) is 10.1. The minimum Gasteiger partial charge on any atom is -0.508 e. The summed E-state index contributed by atoms with van der Waals surface area (Å²) in [6.45, 7) is 4.10. The van der Waals surface area contributed by atoms with E-state index in [9.17, 15) is 5.11 Å². The van der Waals surface area contributed by atoms with Crippen LogP contribution in [0.25, 0.3) is 0 Å². The van der Waals surface area contributed by atoms with E-state index in [4.69, 9.17) is 12.2 Å². The highest BCUT2D eigenvalue weighted by atomic mass is 32.1. The topological polar surface area (TPSA) is 56.7 Å². The van der Waals surface area contributed by atoms with Gasteiger partial charge in [0.25, 0.3) is 0 Å². The van der Waals surface area contributed by atoms with Crippen LogP contribution in [-0.4, -0.2) is 16.4 Å². The van der Waals surface area contributed by atoms with Crippen LogP contribution >= 0.6 is 12.2 Å². The number of rotatable bonds is 3. The summed E-state index contributed by atoms with van der Waals surface area (Å²) in [7, 11) is 0. The fourth-order valence-electron chi connectivity index (χ4n) is 1.76.